The minimum Gasteiger partial charge on any atom is -0.354 e. The number of hydrogen-bond donors (Lipinski definition) is 3. The smallest absolute Gasteiger partial charge is 0.251 e. The van der Waals surface area contributed by atoms with E-state index in [1.165, 1.54) is 0 Å². The topological polar surface area (TPSA) is 84.2 Å². The van der Waals surface area contributed by atoms with Crippen LogP contribution in [0.2, 0.25) is 5.02 Å². The van der Waals surface area contributed by atoms with Crippen LogP contribution in [0.25, 0.3) is 0 Å². The number of carbonyl (C=O) groups excluding carboxylic acids is 2. The molecule has 1 saturated carbocycles. The molecule has 1 aromatic carbocycles. The molecule has 0 aromatic heterocycles. The van der Waals surface area contributed by atoms with E-state index in [0.29, 0.717) is 23.7 Å². The van der Waals surface area contributed by atoms with Crippen molar-refractivity contribution in [2.45, 2.75) is 38.1 Å². The molecule has 1 aliphatic carbocycles. The van der Waals surface area contributed by atoms with E-state index in [9.17, 15) is 9.59 Å². The van der Waals surface area contributed by atoms with Gasteiger partial charge in [0, 0.05) is 29.2 Å². The van der Waals surface area contributed by atoms with Crippen LogP contribution >= 0.6 is 24.0 Å². The molecule has 0 heterocycles. The maximum atomic E-state index is 12.2. The van der Waals surface area contributed by atoms with Crippen molar-refractivity contribution >= 4 is 35.8 Å². The fraction of sp³-hybridized carbons (Fsp3) is 0.529. The number of amides is 2. The van der Waals surface area contributed by atoms with Gasteiger partial charge in [-0.25, -0.2) is 0 Å². The number of nitrogens with one attached hydrogen (secondary N) is 2. The molecule has 0 saturated heterocycles. The van der Waals surface area contributed by atoms with Crippen LogP contribution in [-0.4, -0.2) is 30.4 Å². The molecule has 5 nitrogen and oxygen atoms in total. The van der Waals surface area contributed by atoms with Crippen molar-refractivity contribution < 1.29 is 9.59 Å². The largest absolute Gasteiger partial charge is 0.354 e. The van der Waals surface area contributed by atoms with E-state index in [-0.39, 0.29) is 30.1 Å². The summed E-state index contributed by atoms with van der Waals surface area (Å²) >= 11 is 5.79. The van der Waals surface area contributed by atoms with Crippen molar-refractivity contribution in [1.82, 2.24) is 10.6 Å². The second kappa shape index (κ2) is 9.25. The molecule has 2 amide bonds. The van der Waals surface area contributed by atoms with Gasteiger partial charge >= 0.3 is 0 Å². The van der Waals surface area contributed by atoms with Crippen LogP contribution in [0.15, 0.2) is 24.3 Å². The highest BCUT2D eigenvalue weighted by molar-refractivity contribution is 6.30. The standard InChI is InChI=1S/C17H24ClN3O2.ClH/c1-17(19)9-3-2-4-14(17)16(23)21-11-10-20-15(22)12-5-7-13(18)8-6-12;/h5-8,14H,2-4,9-11,19H2,1H3,(H,20,22)(H,21,23);1H. The van der Waals surface area contributed by atoms with Crippen molar-refractivity contribution in [2.75, 3.05) is 13.1 Å². The molecule has 0 spiro atoms. The van der Waals surface area contributed by atoms with Crippen LogP contribution < -0.4 is 16.4 Å². The Morgan fingerprint density at radius 2 is 1.83 bits per heavy atom. The summed E-state index contributed by atoms with van der Waals surface area (Å²) in [4.78, 5) is 24.2. The Labute approximate surface area is 154 Å². The van der Waals surface area contributed by atoms with Gasteiger partial charge in [0.1, 0.15) is 0 Å². The molecule has 2 rings (SSSR count). The molecule has 0 bridgehead atoms. The summed E-state index contributed by atoms with van der Waals surface area (Å²) in [7, 11) is 0. The summed E-state index contributed by atoms with van der Waals surface area (Å²) in [5.74, 6) is -0.351. The monoisotopic (exact) mass is 373 g/mol. The molecule has 134 valence electrons. The van der Waals surface area contributed by atoms with Crippen LogP contribution in [0.5, 0.6) is 0 Å². The highest BCUT2D eigenvalue weighted by atomic mass is 35.5. The normalized spacial score (nSPS) is 23.0. The third kappa shape index (κ3) is 5.65. The molecule has 24 heavy (non-hydrogen) atoms. The summed E-state index contributed by atoms with van der Waals surface area (Å²) in [6.07, 6.45) is 3.82. The number of carbonyl (C=O) groups is 2. The van der Waals surface area contributed by atoms with Gasteiger partial charge in [0.25, 0.3) is 5.91 Å². The fourth-order valence-electron chi connectivity index (χ4n) is 2.98. The van der Waals surface area contributed by atoms with Crippen LogP contribution in [0.4, 0.5) is 0 Å². The first-order valence-electron chi connectivity index (χ1n) is 8.00. The molecule has 0 aliphatic heterocycles. The second-order valence-electron chi connectivity index (χ2n) is 6.36. The number of halogens is 2. The van der Waals surface area contributed by atoms with Gasteiger partial charge in [0.2, 0.25) is 5.91 Å². The first-order chi connectivity index (χ1) is 10.9. The van der Waals surface area contributed by atoms with Gasteiger partial charge in [0.15, 0.2) is 0 Å². The van der Waals surface area contributed by atoms with Crippen molar-refractivity contribution in [3.63, 3.8) is 0 Å². The van der Waals surface area contributed by atoms with E-state index >= 15 is 0 Å². The first-order valence-corrected chi connectivity index (χ1v) is 8.38. The third-order valence-corrected chi connectivity index (χ3v) is 4.64. The average molecular weight is 374 g/mol. The zero-order valence-corrected chi connectivity index (χ0v) is 15.4. The van der Waals surface area contributed by atoms with Crippen LogP contribution in [0, 0.1) is 5.92 Å². The molecular formula is C17H25Cl2N3O2. The lowest BCUT2D eigenvalue weighted by Crippen LogP contribution is -2.53. The van der Waals surface area contributed by atoms with Crippen molar-refractivity contribution in [1.29, 1.82) is 0 Å². The zero-order valence-electron chi connectivity index (χ0n) is 13.8. The van der Waals surface area contributed by atoms with E-state index < -0.39 is 5.54 Å². The minimum atomic E-state index is -0.436. The fourth-order valence-corrected chi connectivity index (χ4v) is 3.10. The van der Waals surface area contributed by atoms with Crippen LogP contribution in [0.3, 0.4) is 0 Å². The molecule has 2 atom stereocenters. The Balaban J connectivity index is 0.00000288. The number of benzene rings is 1. The first kappa shape index (κ1) is 20.7. The van der Waals surface area contributed by atoms with Crippen LogP contribution in [0.1, 0.15) is 43.0 Å². The molecule has 2 unspecified atom stereocenters. The van der Waals surface area contributed by atoms with Crippen molar-refractivity contribution in [3.05, 3.63) is 34.9 Å². The summed E-state index contributed by atoms with van der Waals surface area (Å²) in [6, 6.07) is 6.67. The molecule has 7 heteroatoms. The van der Waals surface area contributed by atoms with Crippen molar-refractivity contribution in [2.24, 2.45) is 11.7 Å². The molecule has 1 aromatic rings. The highest BCUT2D eigenvalue weighted by Crippen LogP contribution is 2.31. The summed E-state index contributed by atoms with van der Waals surface area (Å²) < 4.78 is 0. The molecular weight excluding hydrogens is 349 g/mol. The second-order valence-corrected chi connectivity index (χ2v) is 6.79. The quantitative estimate of drug-likeness (QED) is 0.693. The van der Waals surface area contributed by atoms with E-state index in [4.69, 9.17) is 17.3 Å². The maximum absolute atomic E-state index is 12.2. The van der Waals surface area contributed by atoms with E-state index in [0.717, 1.165) is 25.7 Å². The summed E-state index contributed by atoms with van der Waals surface area (Å²) in [5, 5.41) is 6.23. The molecule has 4 N–H and O–H groups in total. The molecule has 1 fully saturated rings. The highest BCUT2D eigenvalue weighted by Gasteiger charge is 2.37. The maximum Gasteiger partial charge on any atom is 0.251 e. The van der Waals surface area contributed by atoms with Gasteiger partial charge in [-0.05, 0) is 44.0 Å². The Morgan fingerprint density at radius 3 is 2.46 bits per heavy atom. The predicted molar refractivity (Wildman–Crippen MR) is 98.6 cm³/mol. The minimum absolute atomic E-state index is 0. The predicted octanol–water partition coefficient (Wildman–Crippen LogP) is 2.52. The number of rotatable bonds is 5. The number of nitrogens with two attached hydrogens (primary N) is 1. The van der Waals surface area contributed by atoms with Gasteiger partial charge in [-0.3, -0.25) is 9.59 Å². The Morgan fingerprint density at radius 1 is 1.21 bits per heavy atom. The van der Waals surface area contributed by atoms with E-state index in [1.807, 2.05) is 6.92 Å². The lowest BCUT2D eigenvalue weighted by Gasteiger charge is -2.37. The van der Waals surface area contributed by atoms with Gasteiger partial charge in [-0.1, -0.05) is 24.4 Å². The lowest BCUT2D eigenvalue weighted by molar-refractivity contribution is -0.128. The van der Waals surface area contributed by atoms with Gasteiger partial charge in [-0.2, -0.15) is 0 Å². The number of hydrogen-bond acceptors (Lipinski definition) is 3. The summed E-state index contributed by atoms with van der Waals surface area (Å²) in [6.45, 7) is 2.71. The van der Waals surface area contributed by atoms with Gasteiger partial charge in [-0.15, -0.1) is 12.4 Å². The lowest BCUT2D eigenvalue weighted by atomic mass is 9.74. The Bertz CT molecular complexity index is 561. The third-order valence-electron chi connectivity index (χ3n) is 4.39. The molecule has 0 radical (unpaired) electrons. The van der Waals surface area contributed by atoms with E-state index in [2.05, 4.69) is 10.6 Å². The van der Waals surface area contributed by atoms with Crippen molar-refractivity contribution in [3.8, 4) is 0 Å². The zero-order chi connectivity index (χ0) is 16.9. The SMILES string of the molecule is CC1(N)CCCCC1C(=O)NCCNC(=O)c1ccc(Cl)cc1.Cl. The summed E-state index contributed by atoms with van der Waals surface area (Å²) in [5.41, 5.74) is 6.33. The average Bonchev–Trinajstić information content (AvgIpc) is 2.51. The van der Waals surface area contributed by atoms with Gasteiger partial charge in [0.05, 0.1) is 5.92 Å². The Kier molecular flexibility index (Phi) is 8.00. The molecule has 1 aliphatic rings. The Hall–Kier alpha value is -1.30. The van der Waals surface area contributed by atoms with E-state index in [1.54, 1.807) is 24.3 Å². The van der Waals surface area contributed by atoms with Crippen LogP contribution in [-0.2, 0) is 4.79 Å². The van der Waals surface area contributed by atoms with Gasteiger partial charge < -0.3 is 16.4 Å².